The first-order chi connectivity index (χ1) is 21.6. The van der Waals surface area contributed by atoms with Crippen LogP contribution in [0, 0.1) is 0 Å². The van der Waals surface area contributed by atoms with Gasteiger partial charge in [0.25, 0.3) is 0 Å². The summed E-state index contributed by atoms with van der Waals surface area (Å²) in [7, 11) is -0.669. The zero-order chi connectivity index (χ0) is 31.8. The molecule has 0 atom stereocenters. The Bertz CT molecular complexity index is 1690. The molecule has 45 heavy (non-hydrogen) atoms. The van der Waals surface area contributed by atoms with Crippen molar-refractivity contribution in [3.05, 3.63) is 131 Å². The second-order valence-corrected chi connectivity index (χ2v) is 13.0. The molecule has 0 aliphatic carbocycles. The largest absolute Gasteiger partial charge is 0.495 e. The van der Waals surface area contributed by atoms with Gasteiger partial charge in [-0.15, -0.1) is 0 Å². The van der Waals surface area contributed by atoms with Gasteiger partial charge >= 0.3 is 13.1 Å². The van der Waals surface area contributed by atoms with Crippen molar-refractivity contribution in [2.75, 3.05) is 6.61 Å². The van der Waals surface area contributed by atoms with Gasteiger partial charge in [-0.1, -0.05) is 103 Å². The van der Waals surface area contributed by atoms with E-state index in [4.69, 9.17) is 30.7 Å². The summed E-state index contributed by atoms with van der Waals surface area (Å²) in [5, 5.41) is 6.66. The van der Waals surface area contributed by atoms with Crippen LogP contribution >= 0.6 is 11.6 Å². The molecule has 0 spiro atoms. The number of fused-ring (bicyclic) bond motifs is 1. The predicted octanol–water partition coefficient (Wildman–Crippen LogP) is 7.32. The average Bonchev–Trinajstić information content (AvgIpc) is 3.53. The highest BCUT2D eigenvalue weighted by atomic mass is 35.5. The second kappa shape index (κ2) is 12.1. The summed E-state index contributed by atoms with van der Waals surface area (Å²) in [4.78, 5) is 11.5. The zero-order valence-electron chi connectivity index (χ0n) is 26.4. The van der Waals surface area contributed by atoms with Gasteiger partial charge in [-0.25, -0.2) is 4.68 Å². The van der Waals surface area contributed by atoms with Crippen LogP contribution in [0.25, 0.3) is 10.9 Å². The van der Waals surface area contributed by atoms with Crippen molar-refractivity contribution in [3.63, 3.8) is 0 Å². The number of esters is 1. The maximum absolute atomic E-state index is 11.5. The van der Waals surface area contributed by atoms with E-state index in [2.05, 4.69) is 77.5 Å². The lowest BCUT2D eigenvalue weighted by Gasteiger charge is -2.37. The van der Waals surface area contributed by atoms with E-state index < -0.39 is 23.9 Å². The van der Waals surface area contributed by atoms with Crippen LogP contribution in [0.15, 0.2) is 103 Å². The molecule has 5 aromatic rings. The summed E-state index contributed by atoms with van der Waals surface area (Å²) >= 11 is 7.23. The number of nitrogens with zero attached hydrogens (tertiary/aromatic N) is 2. The van der Waals surface area contributed by atoms with Gasteiger partial charge in [0.2, 0.25) is 0 Å². The molecule has 230 valence electrons. The third-order valence-electron chi connectivity index (χ3n) is 9.23. The van der Waals surface area contributed by atoms with Gasteiger partial charge in [0.1, 0.15) is 5.54 Å². The molecule has 0 unspecified atom stereocenters. The van der Waals surface area contributed by atoms with Crippen molar-refractivity contribution < 1.29 is 18.8 Å². The highest BCUT2D eigenvalue weighted by Gasteiger charge is 2.53. The van der Waals surface area contributed by atoms with Crippen LogP contribution in [0.4, 0.5) is 0 Å². The number of rotatable bonds is 9. The molecular weight excluding hydrogens is 583 g/mol. The summed E-state index contributed by atoms with van der Waals surface area (Å²) < 4.78 is 20.6. The fourth-order valence-electron chi connectivity index (χ4n) is 6.32. The van der Waals surface area contributed by atoms with Gasteiger partial charge in [-0.2, -0.15) is 5.10 Å². The molecule has 0 radical (unpaired) electrons. The van der Waals surface area contributed by atoms with Crippen LogP contribution < -0.4 is 5.46 Å². The molecule has 1 aromatic heterocycles. The van der Waals surface area contributed by atoms with E-state index >= 15 is 0 Å². The number of carbonyl (C=O) groups is 1. The Kier molecular flexibility index (Phi) is 8.38. The number of benzene rings is 4. The Hall–Kier alpha value is -3.91. The van der Waals surface area contributed by atoms with Crippen LogP contribution in [0.1, 0.15) is 63.3 Å². The molecule has 2 heterocycles. The van der Waals surface area contributed by atoms with Gasteiger partial charge in [-0.3, -0.25) is 4.79 Å². The first-order valence-corrected chi connectivity index (χ1v) is 15.8. The summed E-state index contributed by atoms with van der Waals surface area (Å²) in [6.07, 6.45) is 3.09. The van der Waals surface area contributed by atoms with Crippen molar-refractivity contribution >= 4 is 41.1 Å². The van der Waals surface area contributed by atoms with Crippen molar-refractivity contribution in [1.82, 2.24) is 9.78 Å². The molecule has 4 aromatic carbocycles. The molecule has 8 heteroatoms. The standard InChI is InChI=1S/C37H38BClN2O4/c1-26(42)43-23-15-22-30-32(39)24-33-31(34(30)38-44-35(2,3)36(4,5)45-38)25-40-41(33)37(27-16-9-6-10-17-27,28-18-11-7-12-19-28)29-20-13-8-14-21-29/h6-14,16-21,24-25H,15,22-23H2,1-5H3. The van der Waals surface area contributed by atoms with Crippen LogP contribution in [0.3, 0.4) is 0 Å². The van der Waals surface area contributed by atoms with Gasteiger partial charge in [-0.05, 0) is 74.3 Å². The minimum absolute atomic E-state index is 0.297. The molecule has 1 fully saturated rings. The van der Waals surface area contributed by atoms with Gasteiger partial charge < -0.3 is 14.0 Å². The normalized spacial score (nSPS) is 15.8. The molecule has 0 saturated carbocycles. The van der Waals surface area contributed by atoms with E-state index in [1.54, 1.807) is 0 Å². The third-order valence-corrected chi connectivity index (χ3v) is 9.57. The molecule has 0 amide bonds. The summed E-state index contributed by atoms with van der Waals surface area (Å²) in [5.74, 6) is -0.303. The first-order valence-electron chi connectivity index (χ1n) is 15.4. The van der Waals surface area contributed by atoms with Crippen molar-refractivity contribution in [2.24, 2.45) is 0 Å². The Morgan fingerprint density at radius 2 is 1.36 bits per heavy atom. The minimum atomic E-state index is -0.821. The minimum Gasteiger partial charge on any atom is -0.466 e. The number of aromatic nitrogens is 2. The Balaban J connectivity index is 1.64. The third kappa shape index (κ3) is 5.47. The maximum Gasteiger partial charge on any atom is 0.495 e. The van der Waals surface area contributed by atoms with Gasteiger partial charge in [0, 0.05) is 17.3 Å². The quantitative estimate of drug-likeness (QED) is 0.0748. The highest BCUT2D eigenvalue weighted by Crippen LogP contribution is 2.43. The molecular formula is C37H38BClN2O4. The lowest BCUT2D eigenvalue weighted by Crippen LogP contribution is -2.41. The molecule has 6 nitrogen and oxygen atoms in total. The van der Waals surface area contributed by atoms with E-state index in [-0.39, 0.29) is 5.97 Å². The molecule has 6 rings (SSSR count). The van der Waals surface area contributed by atoms with E-state index in [9.17, 15) is 4.79 Å². The van der Waals surface area contributed by atoms with Gasteiger partial charge in [0.05, 0.1) is 29.5 Å². The SMILES string of the molecule is CC(=O)OCCCc1c(Cl)cc2c(cnn2C(c2ccccc2)(c2ccccc2)c2ccccc2)c1B1OC(C)(C)C(C)(C)O1. The summed E-state index contributed by atoms with van der Waals surface area (Å²) in [5.41, 5.74) is 3.86. The number of hydrogen-bond donors (Lipinski definition) is 0. The maximum atomic E-state index is 11.5. The lowest BCUT2D eigenvalue weighted by molar-refractivity contribution is -0.141. The van der Waals surface area contributed by atoms with Crippen molar-refractivity contribution in [3.8, 4) is 0 Å². The number of ether oxygens (including phenoxy) is 1. The van der Waals surface area contributed by atoms with E-state index in [1.165, 1.54) is 6.92 Å². The fraction of sp³-hybridized carbons (Fsp3) is 0.297. The van der Waals surface area contributed by atoms with Crippen LogP contribution in [0.2, 0.25) is 5.02 Å². The molecule has 1 aliphatic rings. The second-order valence-electron chi connectivity index (χ2n) is 12.6. The van der Waals surface area contributed by atoms with E-state index in [1.807, 2.05) is 58.2 Å². The number of halogens is 1. The van der Waals surface area contributed by atoms with Crippen molar-refractivity contribution in [2.45, 2.75) is 64.2 Å². The fourth-order valence-corrected chi connectivity index (χ4v) is 6.62. The molecule has 0 N–H and O–H groups in total. The number of hydrogen-bond acceptors (Lipinski definition) is 5. The average molecular weight is 621 g/mol. The smallest absolute Gasteiger partial charge is 0.466 e. The van der Waals surface area contributed by atoms with Crippen LogP contribution in [-0.4, -0.2) is 40.7 Å². The summed E-state index contributed by atoms with van der Waals surface area (Å²) in [6.45, 7) is 9.90. The van der Waals surface area contributed by atoms with E-state index in [0.29, 0.717) is 24.5 Å². The molecule has 0 bridgehead atoms. The first kappa shape index (κ1) is 31.1. The Morgan fingerprint density at radius 1 is 0.867 bits per heavy atom. The lowest BCUT2D eigenvalue weighted by atomic mass is 9.72. The molecule has 1 saturated heterocycles. The topological polar surface area (TPSA) is 62.6 Å². The predicted molar refractivity (Wildman–Crippen MR) is 180 cm³/mol. The van der Waals surface area contributed by atoms with Crippen LogP contribution in [0.5, 0.6) is 0 Å². The molecule has 1 aliphatic heterocycles. The van der Waals surface area contributed by atoms with Crippen molar-refractivity contribution in [1.29, 1.82) is 0 Å². The summed E-state index contributed by atoms with van der Waals surface area (Å²) in [6, 6.07) is 33.3. The monoisotopic (exact) mass is 620 g/mol. The van der Waals surface area contributed by atoms with Gasteiger partial charge in [0.15, 0.2) is 0 Å². The highest BCUT2D eigenvalue weighted by molar-refractivity contribution is 6.66. The van der Waals surface area contributed by atoms with Crippen LogP contribution in [-0.2, 0) is 30.8 Å². The Morgan fingerprint density at radius 3 is 1.82 bits per heavy atom. The Labute approximate surface area is 270 Å². The zero-order valence-corrected chi connectivity index (χ0v) is 27.2. The number of carbonyl (C=O) groups excluding carboxylic acids is 1. The van der Waals surface area contributed by atoms with E-state index in [0.717, 1.165) is 38.6 Å².